The number of hydrogen-bond donors (Lipinski definition) is 8. The molecule has 0 fully saturated rings. The van der Waals surface area contributed by atoms with Crippen LogP contribution in [0.5, 0.6) is 34.5 Å². The Bertz CT molecular complexity index is 2740. The monoisotopic (exact) mass is 894 g/mol. The molecule has 5 aromatic carbocycles. The number of benzene rings is 5. The molecule has 0 saturated carbocycles. The second-order valence-corrected chi connectivity index (χ2v) is 13.1. The number of carbonyl (C=O) groups excluding carboxylic acids is 5. The Kier molecular flexibility index (Phi) is 14.8. The largest absolute Gasteiger partial charge is 0.586 e. The zero-order chi connectivity index (χ0) is 47.4. The molecular weight excluding hydrogens is 859 g/mol. The fourth-order valence-electron chi connectivity index (χ4n) is 5.80. The van der Waals surface area contributed by atoms with Crippen molar-refractivity contribution < 1.29 is 71.8 Å². The molecule has 65 heavy (non-hydrogen) atoms. The highest BCUT2D eigenvalue weighted by atomic mass is 19.3. The second kappa shape index (κ2) is 20.6. The minimum atomic E-state index is -3.76. The number of amides is 5. The van der Waals surface area contributed by atoms with E-state index in [1.54, 1.807) is 6.07 Å². The Morgan fingerprint density at radius 1 is 0.692 bits per heavy atom. The van der Waals surface area contributed by atoms with Gasteiger partial charge in [-0.05, 0) is 96.6 Å². The number of nitrogens with zero attached hydrogens (tertiary/aromatic N) is 1. The number of anilines is 4. The van der Waals surface area contributed by atoms with E-state index in [0.717, 1.165) is 13.2 Å². The van der Waals surface area contributed by atoms with Crippen molar-refractivity contribution in [1.29, 1.82) is 5.26 Å². The van der Waals surface area contributed by atoms with Crippen LogP contribution in [-0.2, 0) is 9.59 Å². The van der Waals surface area contributed by atoms with E-state index in [0.29, 0.717) is 16.9 Å². The number of hydrogen-bond acceptors (Lipinski definition) is 13. The van der Waals surface area contributed by atoms with E-state index in [9.17, 15) is 52.9 Å². The van der Waals surface area contributed by atoms with Crippen LogP contribution >= 0.6 is 0 Å². The molecule has 0 aromatic heterocycles. The number of carboxylic acid groups (broad SMARTS) is 1. The molecule has 1 aliphatic heterocycles. The summed E-state index contributed by atoms with van der Waals surface area (Å²) in [7, 11) is 2.35. The number of nitrogens with one attached hydrogen (secondary N) is 5. The molecule has 5 amide bonds. The van der Waals surface area contributed by atoms with Gasteiger partial charge in [0.25, 0.3) is 17.7 Å². The van der Waals surface area contributed by atoms with Crippen molar-refractivity contribution >= 4 is 64.3 Å². The third-order valence-electron chi connectivity index (χ3n) is 8.75. The lowest BCUT2D eigenvalue weighted by atomic mass is 10.1. The minimum Gasteiger partial charge on any atom is -0.504 e. The zero-order valence-corrected chi connectivity index (χ0v) is 34.1. The number of methoxy groups -OCH3 is 2. The molecule has 8 N–H and O–H groups in total. The predicted molar refractivity (Wildman–Crippen MR) is 228 cm³/mol. The van der Waals surface area contributed by atoms with Crippen LogP contribution in [0.25, 0.3) is 6.08 Å². The molecule has 19 nitrogen and oxygen atoms in total. The maximum absolute atomic E-state index is 13.2. The molecule has 0 unspecified atom stereocenters. The van der Waals surface area contributed by atoms with Gasteiger partial charge in [0.05, 0.1) is 43.8 Å². The Hall–Kier alpha value is -9.19. The number of phenols is 2. The highest BCUT2D eigenvalue weighted by Crippen LogP contribution is 2.42. The van der Waals surface area contributed by atoms with Gasteiger partial charge in [-0.15, -0.1) is 8.78 Å². The molecule has 1 aliphatic rings. The first kappa shape index (κ1) is 46.9. The summed E-state index contributed by atoms with van der Waals surface area (Å²) in [5, 5.41) is 50.3. The van der Waals surface area contributed by atoms with Gasteiger partial charge in [-0.3, -0.25) is 24.0 Å². The predicted octanol–water partition coefficient (Wildman–Crippen LogP) is 6.19. The molecule has 0 atom stereocenters. The SMILES string of the molecule is CC#N.COc1c(NC(=O)c2ccc(NC(=O)c3ccc(NC(=O)CNC(=O)c4ccc(NC(=O)/C=C/c5ccc6c(c5)OC(F)(F)O6)cc4)cc3)c(OC)c2O)ccc(C(=O)O)c1O. The number of nitriles is 1. The fraction of sp³-hybridized carbons (Fsp3) is 0.114. The van der Waals surface area contributed by atoms with Crippen LogP contribution in [0.3, 0.4) is 0 Å². The van der Waals surface area contributed by atoms with Crippen molar-refractivity contribution in [2.45, 2.75) is 13.2 Å². The molecule has 6 rings (SSSR count). The lowest BCUT2D eigenvalue weighted by molar-refractivity contribution is -0.286. The normalized spacial score (nSPS) is 11.8. The summed E-state index contributed by atoms with van der Waals surface area (Å²) in [6, 6.07) is 22.0. The third kappa shape index (κ3) is 11.8. The Morgan fingerprint density at radius 3 is 1.77 bits per heavy atom. The number of halogens is 2. The van der Waals surface area contributed by atoms with E-state index >= 15 is 0 Å². The maximum atomic E-state index is 13.2. The molecule has 0 radical (unpaired) electrons. The van der Waals surface area contributed by atoms with Gasteiger partial charge in [0.1, 0.15) is 5.56 Å². The van der Waals surface area contributed by atoms with Gasteiger partial charge in [-0.1, -0.05) is 6.07 Å². The van der Waals surface area contributed by atoms with E-state index in [2.05, 4.69) is 36.1 Å². The number of ether oxygens (including phenoxy) is 4. The van der Waals surface area contributed by atoms with Crippen molar-refractivity contribution in [3.63, 3.8) is 0 Å². The third-order valence-corrected chi connectivity index (χ3v) is 8.75. The van der Waals surface area contributed by atoms with E-state index in [-0.39, 0.29) is 51.1 Å². The van der Waals surface area contributed by atoms with Crippen LogP contribution in [0.1, 0.15) is 53.9 Å². The van der Waals surface area contributed by atoms with Gasteiger partial charge < -0.3 is 60.9 Å². The van der Waals surface area contributed by atoms with Gasteiger partial charge in [-0.25, -0.2) is 4.79 Å². The average molecular weight is 895 g/mol. The number of carbonyl (C=O) groups is 6. The smallest absolute Gasteiger partial charge is 0.504 e. The highest BCUT2D eigenvalue weighted by molar-refractivity contribution is 6.10. The summed E-state index contributed by atoms with van der Waals surface area (Å²) in [4.78, 5) is 75.1. The van der Waals surface area contributed by atoms with Crippen molar-refractivity contribution in [3.8, 4) is 40.6 Å². The van der Waals surface area contributed by atoms with Crippen LogP contribution in [-0.4, -0.2) is 77.9 Å². The van der Waals surface area contributed by atoms with Crippen LogP contribution < -0.4 is 45.5 Å². The first-order valence-electron chi connectivity index (χ1n) is 18.6. The molecule has 21 heteroatoms. The maximum Gasteiger partial charge on any atom is 0.586 e. The van der Waals surface area contributed by atoms with E-state index < -0.39 is 65.4 Å². The van der Waals surface area contributed by atoms with E-state index in [1.807, 2.05) is 0 Å². The molecule has 334 valence electrons. The molecule has 5 aromatic rings. The Labute approximate surface area is 366 Å². The van der Waals surface area contributed by atoms with E-state index in [4.69, 9.17) is 14.7 Å². The molecule has 0 aliphatic carbocycles. The van der Waals surface area contributed by atoms with E-state index in [1.165, 1.54) is 111 Å². The number of phenolic OH excluding ortho intramolecular Hbond substituents is 1. The van der Waals surface area contributed by atoms with Crippen LogP contribution in [0.4, 0.5) is 31.5 Å². The number of rotatable bonds is 14. The summed E-state index contributed by atoms with van der Waals surface area (Å²) < 4.78 is 45.5. The number of aromatic carboxylic acids is 1. The number of carboxylic acids is 1. The Morgan fingerprint density at radius 2 is 1.20 bits per heavy atom. The summed E-state index contributed by atoms with van der Waals surface area (Å²) >= 11 is 0. The lowest BCUT2D eigenvalue weighted by Gasteiger charge is -2.16. The number of alkyl halides is 2. The summed E-state index contributed by atoms with van der Waals surface area (Å²) in [6.07, 6.45) is -1.20. The van der Waals surface area contributed by atoms with Gasteiger partial charge >= 0.3 is 12.3 Å². The Balaban J connectivity index is 0.00000257. The second-order valence-electron chi connectivity index (χ2n) is 13.1. The molecule has 0 bridgehead atoms. The van der Waals surface area contributed by atoms with Gasteiger partial charge in [0.2, 0.25) is 11.8 Å². The van der Waals surface area contributed by atoms with Crippen LogP contribution in [0, 0.1) is 11.3 Å². The fourth-order valence-corrected chi connectivity index (χ4v) is 5.80. The molecule has 0 spiro atoms. The standard InChI is InChI=1S/C42H33F2N5O13.C2H3N/c1-59-36-28(15-13-26(34(36)52)40(56)49-29-16-14-27(41(57)58)35(53)37(29)60-2)48-39(55)23-7-11-25(12-8-23)47-33(51)20-45-38(54)22-5-9-24(10-6-22)46-32(50)18-4-21-3-17-30-31(19-21)62-42(43,44)61-30;1-2-3/h3-19,52-53H,20H2,1-2H3,(H,45,54)(H,46,50)(H,47,51)(H,48,55)(H,49,56)(H,57,58);1H3/b18-4+;. The highest BCUT2D eigenvalue weighted by Gasteiger charge is 2.43. The zero-order valence-electron chi connectivity index (χ0n) is 34.1. The lowest BCUT2D eigenvalue weighted by Crippen LogP contribution is -2.32. The van der Waals surface area contributed by atoms with Crippen molar-refractivity contribution in [2.24, 2.45) is 0 Å². The van der Waals surface area contributed by atoms with Crippen molar-refractivity contribution in [3.05, 3.63) is 125 Å². The first-order valence-corrected chi connectivity index (χ1v) is 18.6. The van der Waals surface area contributed by atoms with Crippen LogP contribution in [0.15, 0.2) is 97.1 Å². The van der Waals surface area contributed by atoms with Gasteiger partial charge in [0.15, 0.2) is 34.5 Å². The number of aromatic hydroxyl groups is 2. The first-order chi connectivity index (χ1) is 31.0. The summed E-state index contributed by atoms with van der Waals surface area (Å²) in [5.74, 6) is -6.93. The van der Waals surface area contributed by atoms with Gasteiger partial charge in [-0.2, -0.15) is 5.26 Å². The average Bonchev–Trinajstić information content (AvgIpc) is 3.58. The van der Waals surface area contributed by atoms with Crippen LogP contribution in [0.2, 0.25) is 0 Å². The number of fused-ring (bicyclic) bond motifs is 1. The minimum absolute atomic E-state index is 0.00808. The van der Waals surface area contributed by atoms with Crippen molar-refractivity contribution in [1.82, 2.24) is 5.32 Å². The van der Waals surface area contributed by atoms with Gasteiger partial charge in [0, 0.05) is 35.5 Å². The molecular formula is C44H36F2N6O13. The molecule has 0 saturated heterocycles. The topological polar surface area (TPSA) is 284 Å². The quantitative estimate of drug-likeness (QED) is 0.0577. The molecule has 1 heterocycles. The summed E-state index contributed by atoms with van der Waals surface area (Å²) in [6.45, 7) is 1.02. The summed E-state index contributed by atoms with van der Waals surface area (Å²) in [5.41, 5.74) is 0.503. The van der Waals surface area contributed by atoms with Crippen molar-refractivity contribution in [2.75, 3.05) is 42.0 Å².